The maximum Gasteiger partial charge on any atom is 0.269 e. The van der Waals surface area contributed by atoms with Crippen molar-refractivity contribution in [1.82, 2.24) is 0 Å². The molecule has 1 aromatic carbocycles. The summed E-state index contributed by atoms with van der Waals surface area (Å²) < 4.78 is 20.8. The largest absolute Gasteiger partial charge is 0.386 e. The molecule has 94 valence electrons. The number of aliphatic hydroxyl groups is 1. The van der Waals surface area contributed by atoms with Crippen LogP contribution < -0.4 is 0 Å². The number of non-ortho nitro benzene ring substituents is 1. The van der Waals surface area contributed by atoms with Crippen LogP contribution in [0.25, 0.3) is 0 Å². The van der Waals surface area contributed by atoms with Crippen LogP contribution in [-0.4, -0.2) is 29.4 Å². The first-order chi connectivity index (χ1) is 7.73. The molecule has 0 aliphatic rings. The van der Waals surface area contributed by atoms with Crippen LogP contribution in [0.3, 0.4) is 0 Å². The van der Waals surface area contributed by atoms with Crippen LogP contribution in [-0.2, 0) is 9.84 Å². The molecule has 6 nitrogen and oxygen atoms in total. The Morgan fingerprint density at radius 1 is 1.35 bits per heavy atom. The predicted octanol–water partition coefficient (Wildman–Crippen LogP) is 1.24. The Bertz CT molecular complexity index is 513. The zero-order valence-corrected chi connectivity index (χ0v) is 10.4. The lowest BCUT2D eigenvalue weighted by Crippen LogP contribution is -2.21. The van der Waals surface area contributed by atoms with Crippen molar-refractivity contribution in [1.29, 1.82) is 0 Å². The van der Waals surface area contributed by atoms with Crippen molar-refractivity contribution in [2.45, 2.75) is 10.8 Å². The zero-order chi connectivity index (χ0) is 13.2. The highest BCUT2D eigenvalue weighted by Crippen LogP contribution is 2.26. The van der Waals surface area contributed by atoms with Gasteiger partial charge in [-0.25, -0.2) is 8.42 Å². The number of nitrogens with zero attached hydrogens (tertiary/aromatic N) is 1. The maximum atomic E-state index is 11.1. The first-order valence-electron chi connectivity index (χ1n) is 4.49. The second-order valence-corrected chi connectivity index (χ2v) is 6.37. The summed E-state index contributed by atoms with van der Waals surface area (Å²) in [6.45, 7) is 0. The highest BCUT2D eigenvalue weighted by atomic mass is 35.5. The molecule has 8 heteroatoms. The van der Waals surface area contributed by atoms with Crippen LogP contribution in [0.15, 0.2) is 24.3 Å². The summed E-state index contributed by atoms with van der Waals surface area (Å²) in [5.41, 5.74) is 0.0625. The fraction of sp³-hybridized carbons (Fsp3) is 0.333. The predicted molar refractivity (Wildman–Crippen MR) is 62.5 cm³/mol. The van der Waals surface area contributed by atoms with Gasteiger partial charge in [-0.3, -0.25) is 10.1 Å². The van der Waals surface area contributed by atoms with Crippen molar-refractivity contribution in [3.05, 3.63) is 39.9 Å². The second-order valence-electron chi connectivity index (χ2n) is 3.47. The van der Waals surface area contributed by atoms with Crippen molar-refractivity contribution in [3.63, 3.8) is 0 Å². The molecule has 0 fully saturated rings. The van der Waals surface area contributed by atoms with Gasteiger partial charge in [0.05, 0.1) is 4.92 Å². The van der Waals surface area contributed by atoms with Gasteiger partial charge in [0.1, 0.15) is 6.10 Å². The van der Waals surface area contributed by atoms with Crippen molar-refractivity contribution in [2.24, 2.45) is 0 Å². The van der Waals surface area contributed by atoms with Gasteiger partial charge < -0.3 is 5.11 Å². The lowest BCUT2D eigenvalue weighted by Gasteiger charge is -2.15. The lowest BCUT2D eigenvalue weighted by atomic mass is 10.1. The van der Waals surface area contributed by atoms with Crippen LogP contribution in [0, 0.1) is 10.1 Å². The first-order valence-corrected chi connectivity index (χ1v) is 6.88. The Kier molecular flexibility index (Phi) is 4.07. The molecule has 0 heterocycles. The van der Waals surface area contributed by atoms with Gasteiger partial charge in [0, 0.05) is 18.4 Å². The molecule has 1 rings (SSSR count). The fourth-order valence-corrected chi connectivity index (χ4v) is 1.95. The highest BCUT2D eigenvalue weighted by molar-refractivity contribution is 7.92. The Labute approximate surface area is 103 Å². The molecule has 0 saturated carbocycles. The smallest absolute Gasteiger partial charge is 0.269 e. The number of aliphatic hydroxyl groups excluding tert-OH is 1. The molecule has 0 bridgehead atoms. The van der Waals surface area contributed by atoms with Gasteiger partial charge in [-0.1, -0.05) is 0 Å². The van der Waals surface area contributed by atoms with E-state index in [1.165, 1.54) is 24.3 Å². The molecular formula is C9H10ClNO5S. The van der Waals surface area contributed by atoms with Gasteiger partial charge >= 0.3 is 0 Å². The molecule has 0 unspecified atom stereocenters. The molecule has 0 amide bonds. The van der Waals surface area contributed by atoms with Crippen LogP contribution in [0.1, 0.15) is 11.7 Å². The zero-order valence-electron chi connectivity index (χ0n) is 8.78. The summed E-state index contributed by atoms with van der Waals surface area (Å²) in [5, 5.41) is 20.1. The van der Waals surface area contributed by atoms with E-state index in [-0.39, 0.29) is 11.3 Å². The average Bonchev–Trinajstić information content (AvgIpc) is 2.26. The summed E-state index contributed by atoms with van der Waals surface area (Å²) in [6, 6.07) is 4.88. The van der Waals surface area contributed by atoms with Crippen LogP contribution in [0.4, 0.5) is 5.69 Å². The average molecular weight is 280 g/mol. The highest BCUT2D eigenvalue weighted by Gasteiger charge is 2.28. The summed E-state index contributed by atoms with van der Waals surface area (Å²) in [7, 11) is -3.60. The number of alkyl halides is 1. The van der Waals surface area contributed by atoms with Gasteiger partial charge in [-0.05, 0) is 17.7 Å². The third-order valence-electron chi connectivity index (χ3n) is 2.10. The van der Waals surface area contributed by atoms with Crippen molar-refractivity contribution in [2.75, 3.05) is 6.26 Å². The number of rotatable bonds is 4. The molecule has 2 atom stereocenters. The Balaban J connectivity index is 2.98. The molecule has 0 aliphatic heterocycles. The molecule has 0 saturated heterocycles. The van der Waals surface area contributed by atoms with E-state index < -0.39 is 25.6 Å². The Morgan fingerprint density at radius 2 is 1.82 bits per heavy atom. The van der Waals surface area contributed by atoms with Crippen LogP contribution >= 0.6 is 11.6 Å². The van der Waals surface area contributed by atoms with Crippen molar-refractivity contribution < 1.29 is 18.4 Å². The van der Waals surface area contributed by atoms with E-state index in [2.05, 4.69) is 0 Å². The van der Waals surface area contributed by atoms with Gasteiger partial charge in [0.25, 0.3) is 5.69 Å². The third kappa shape index (κ3) is 3.39. The fourth-order valence-electron chi connectivity index (χ4n) is 1.18. The second kappa shape index (κ2) is 4.99. The van der Waals surface area contributed by atoms with Crippen LogP contribution in [0.2, 0.25) is 0 Å². The topological polar surface area (TPSA) is 97.5 Å². The minimum atomic E-state index is -3.60. The van der Waals surface area contributed by atoms with Gasteiger partial charge in [0.2, 0.25) is 0 Å². The number of benzene rings is 1. The summed E-state index contributed by atoms with van der Waals surface area (Å²) in [4.78, 5) is 9.80. The van der Waals surface area contributed by atoms with Crippen molar-refractivity contribution >= 4 is 27.1 Å². The van der Waals surface area contributed by atoms with Crippen LogP contribution in [0.5, 0.6) is 0 Å². The van der Waals surface area contributed by atoms with E-state index in [0.29, 0.717) is 0 Å². The number of sulfone groups is 1. The van der Waals surface area contributed by atoms with Gasteiger partial charge in [-0.2, -0.15) is 0 Å². The number of nitro groups is 1. The quantitative estimate of drug-likeness (QED) is 0.508. The molecule has 0 aromatic heterocycles. The normalized spacial score (nSPS) is 15.2. The molecule has 0 spiro atoms. The number of hydrogen-bond acceptors (Lipinski definition) is 5. The lowest BCUT2D eigenvalue weighted by molar-refractivity contribution is -0.384. The summed E-state index contributed by atoms with van der Waals surface area (Å²) in [6.07, 6.45) is -0.522. The van der Waals surface area contributed by atoms with Gasteiger partial charge in [-0.15, -0.1) is 11.6 Å². The van der Waals surface area contributed by atoms with E-state index in [9.17, 15) is 23.6 Å². The van der Waals surface area contributed by atoms with E-state index in [4.69, 9.17) is 11.6 Å². The van der Waals surface area contributed by atoms with E-state index in [1.807, 2.05) is 0 Å². The van der Waals surface area contributed by atoms with E-state index in [0.717, 1.165) is 6.26 Å². The Hall–Kier alpha value is -1.18. The minimum Gasteiger partial charge on any atom is -0.386 e. The molecular weight excluding hydrogens is 270 g/mol. The summed E-state index contributed by atoms with van der Waals surface area (Å²) in [5.74, 6) is 0. The SMILES string of the molecule is CS(=O)(=O)[C@H](Cl)[C@@H](O)c1ccc([N+](=O)[O-])cc1. The van der Waals surface area contributed by atoms with E-state index >= 15 is 0 Å². The number of hydrogen-bond donors (Lipinski definition) is 1. The maximum absolute atomic E-state index is 11.1. The molecule has 1 N–H and O–H groups in total. The number of halogens is 1. The summed E-state index contributed by atoms with van der Waals surface area (Å²) >= 11 is 5.57. The molecule has 0 radical (unpaired) electrons. The molecule has 0 aliphatic carbocycles. The molecule has 17 heavy (non-hydrogen) atoms. The molecule has 1 aromatic rings. The first kappa shape index (κ1) is 13.9. The van der Waals surface area contributed by atoms with Gasteiger partial charge in [0.15, 0.2) is 14.5 Å². The van der Waals surface area contributed by atoms with E-state index in [1.54, 1.807) is 0 Å². The number of nitro benzene ring substituents is 1. The monoisotopic (exact) mass is 279 g/mol. The standard InChI is InChI=1S/C9H10ClNO5S/c1-17(15,16)9(10)8(12)6-2-4-7(5-3-6)11(13)14/h2-5,8-9,12H,1H3/t8-,9-/m0/s1. The Morgan fingerprint density at radius 3 is 2.18 bits per heavy atom. The third-order valence-corrected chi connectivity index (χ3v) is 4.39. The minimum absolute atomic E-state index is 0.147. The van der Waals surface area contributed by atoms with Crippen molar-refractivity contribution in [3.8, 4) is 0 Å².